The normalized spacial score (nSPS) is 22.9. The molecule has 0 aromatic heterocycles. The number of amides is 2. The Morgan fingerprint density at radius 2 is 1.83 bits per heavy atom. The second-order valence-corrected chi connectivity index (χ2v) is 5.00. The van der Waals surface area contributed by atoms with Crippen molar-refractivity contribution in [3.05, 3.63) is 0 Å². The van der Waals surface area contributed by atoms with E-state index in [2.05, 4.69) is 12.2 Å². The zero-order valence-electron chi connectivity index (χ0n) is 11.9. The molecule has 0 bridgehead atoms. The summed E-state index contributed by atoms with van der Waals surface area (Å²) in [5.74, 6) is 0.463. The van der Waals surface area contributed by atoms with Gasteiger partial charge in [-0.1, -0.05) is 6.92 Å². The highest BCUT2D eigenvalue weighted by Crippen LogP contribution is 2.17. The van der Waals surface area contributed by atoms with Crippen LogP contribution in [0.15, 0.2) is 0 Å². The van der Waals surface area contributed by atoms with E-state index in [9.17, 15) is 9.59 Å². The Hall–Kier alpha value is -1.10. The van der Waals surface area contributed by atoms with Gasteiger partial charge in [-0.3, -0.25) is 9.59 Å². The first kappa shape index (κ1) is 15.0. The molecule has 2 amide bonds. The quantitative estimate of drug-likeness (QED) is 0.762. The summed E-state index contributed by atoms with van der Waals surface area (Å²) in [5.41, 5.74) is 0. The van der Waals surface area contributed by atoms with Crippen LogP contribution in [0.1, 0.15) is 20.8 Å². The lowest BCUT2D eigenvalue weighted by Crippen LogP contribution is -2.44. The molecular formula is C13H25N3O2. The summed E-state index contributed by atoms with van der Waals surface area (Å²) in [6.07, 6.45) is 0. The van der Waals surface area contributed by atoms with Crippen molar-refractivity contribution in [3.8, 4) is 0 Å². The first-order chi connectivity index (χ1) is 8.51. The molecule has 2 unspecified atom stereocenters. The fraction of sp³-hybridized carbons (Fsp3) is 0.846. The molecule has 1 aliphatic rings. The van der Waals surface area contributed by atoms with E-state index in [1.807, 2.05) is 13.8 Å². The third-order valence-corrected chi connectivity index (χ3v) is 3.70. The number of carbonyl (C=O) groups excluding carboxylic acids is 2. The highest BCUT2D eigenvalue weighted by atomic mass is 16.2. The molecule has 104 valence electrons. The van der Waals surface area contributed by atoms with Crippen molar-refractivity contribution < 1.29 is 9.59 Å². The van der Waals surface area contributed by atoms with E-state index in [-0.39, 0.29) is 24.3 Å². The monoisotopic (exact) mass is 255 g/mol. The van der Waals surface area contributed by atoms with E-state index >= 15 is 0 Å². The molecule has 0 saturated carbocycles. The van der Waals surface area contributed by atoms with Crippen LogP contribution in [0.25, 0.3) is 0 Å². The Bertz CT molecular complexity index is 303. The van der Waals surface area contributed by atoms with Gasteiger partial charge in [-0.15, -0.1) is 0 Å². The van der Waals surface area contributed by atoms with Gasteiger partial charge in [-0.05, 0) is 26.3 Å². The molecular weight excluding hydrogens is 230 g/mol. The predicted molar refractivity (Wildman–Crippen MR) is 71.1 cm³/mol. The highest BCUT2D eigenvalue weighted by molar-refractivity contribution is 5.86. The second kappa shape index (κ2) is 6.73. The summed E-state index contributed by atoms with van der Waals surface area (Å²) in [5, 5.41) is 3.21. The summed E-state index contributed by atoms with van der Waals surface area (Å²) < 4.78 is 0. The zero-order chi connectivity index (χ0) is 13.7. The van der Waals surface area contributed by atoms with Gasteiger partial charge in [0, 0.05) is 26.7 Å². The van der Waals surface area contributed by atoms with Crippen LogP contribution in [-0.4, -0.2) is 61.4 Å². The lowest BCUT2D eigenvalue weighted by Gasteiger charge is -2.26. The van der Waals surface area contributed by atoms with E-state index in [4.69, 9.17) is 0 Å². The largest absolute Gasteiger partial charge is 0.342 e. The Morgan fingerprint density at radius 1 is 1.22 bits per heavy atom. The molecule has 2 atom stereocenters. The SMILES string of the molecule is CCN(CC)C(=O)CN(C)C(=O)C1CNCC1C. The molecule has 1 saturated heterocycles. The average Bonchev–Trinajstić information content (AvgIpc) is 2.76. The van der Waals surface area contributed by atoms with Gasteiger partial charge >= 0.3 is 0 Å². The lowest BCUT2D eigenvalue weighted by molar-refractivity contribution is -0.141. The molecule has 1 rings (SSSR count). The van der Waals surface area contributed by atoms with E-state index in [0.717, 1.165) is 13.1 Å². The van der Waals surface area contributed by atoms with Gasteiger partial charge in [0.05, 0.1) is 12.5 Å². The van der Waals surface area contributed by atoms with E-state index in [1.165, 1.54) is 0 Å². The maximum atomic E-state index is 12.2. The molecule has 5 nitrogen and oxygen atoms in total. The molecule has 0 radical (unpaired) electrons. The van der Waals surface area contributed by atoms with Crippen LogP contribution in [0.2, 0.25) is 0 Å². The van der Waals surface area contributed by atoms with Crippen molar-refractivity contribution >= 4 is 11.8 Å². The number of hydrogen-bond acceptors (Lipinski definition) is 3. The summed E-state index contributed by atoms with van der Waals surface area (Å²) in [6, 6.07) is 0. The van der Waals surface area contributed by atoms with Gasteiger partial charge < -0.3 is 15.1 Å². The van der Waals surface area contributed by atoms with E-state index in [1.54, 1.807) is 16.8 Å². The minimum absolute atomic E-state index is 0.0134. The fourth-order valence-electron chi connectivity index (χ4n) is 2.38. The molecule has 5 heteroatoms. The van der Waals surface area contributed by atoms with Gasteiger partial charge in [0.1, 0.15) is 0 Å². The average molecular weight is 255 g/mol. The molecule has 1 N–H and O–H groups in total. The van der Waals surface area contributed by atoms with Crippen LogP contribution in [0.3, 0.4) is 0 Å². The number of nitrogens with one attached hydrogen (secondary N) is 1. The summed E-state index contributed by atoms with van der Waals surface area (Å²) in [4.78, 5) is 27.5. The van der Waals surface area contributed by atoms with Gasteiger partial charge in [0.2, 0.25) is 11.8 Å². The Kier molecular flexibility index (Phi) is 5.59. The summed E-state index contributed by atoms with van der Waals surface area (Å²) >= 11 is 0. The maximum absolute atomic E-state index is 12.2. The maximum Gasteiger partial charge on any atom is 0.242 e. The smallest absolute Gasteiger partial charge is 0.242 e. The van der Waals surface area contributed by atoms with Crippen molar-refractivity contribution in [2.45, 2.75) is 20.8 Å². The molecule has 1 aliphatic heterocycles. The number of likely N-dealkylation sites (N-methyl/N-ethyl adjacent to an activating group) is 2. The fourth-order valence-corrected chi connectivity index (χ4v) is 2.38. The third kappa shape index (κ3) is 3.45. The number of nitrogens with zero attached hydrogens (tertiary/aromatic N) is 2. The Labute approximate surface area is 110 Å². The van der Waals surface area contributed by atoms with Gasteiger partial charge in [-0.2, -0.15) is 0 Å². The molecule has 0 aliphatic carbocycles. The lowest BCUT2D eigenvalue weighted by atomic mass is 9.97. The third-order valence-electron chi connectivity index (χ3n) is 3.70. The first-order valence-electron chi connectivity index (χ1n) is 6.74. The van der Waals surface area contributed by atoms with Crippen LogP contribution in [-0.2, 0) is 9.59 Å². The minimum Gasteiger partial charge on any atom is -0.342 e. The molecule has 0 spiro atoms. The molecule has 1 heterocycles. The molecule has 18 heavy (non-hydrogen) atoms. The summed E-state index contributed by atoms with van der Waals surface area (Å²) in [6.45, 7) is 9.15. The standard InChI is InChI=1S/C13H25N3O2/c1-5-16(6-2)12(17)9-15(4)13(18)11-8-14-7-10(11)3/h10-11,14H,5-9H2,1-4H3. The predicted octanol–water partition coefficient (Wildman–Crippen LogP) is 0.169. The topological polar surface area (TPSA) is 52.7 Å². The van der Waals surface area contributed by atoms with Crippen LogP contribution in [0.5, 0.6) is 0 Å². The Balaban J connectivity index is 2.51. The number of hydrogen-bond donors (Lipinski definition) is 1. The summed E-state index contributed by atoms with van der Waals surface area (Å²) in [7, 11) is 1.72. The molecule has 1 fully saturated rings. The van der Waals surface area contributed by atoms with Gasteiger partial charge in [0.15, 0.2) is 0 Å². The first-order valence-corrected chi connectivity index (χ1v) is 6.74. The van der Waals surface area contributed by atoms with Crippen LogP contribution < -0.4 is 5.32 Å². The van der Waals surface area contributed by atoms with Crippen molar-refractivity contribution in [1.82, 2.24) is 15.1 Å². The van der Waals surface area contributed by atoms with Crippen molar-refractivity contribution in [2.24, 2.45) is 11.8 Å². The molecule has 0 aromatic rings. The number of rotatable bonds is 5. The van der Waals surface area contributed by atoms with Gasteiger partial charge in [-0.25, -0.2) is 0 Å². The van der Waals surface area contributed by atoms with E-state index in [0.29, 0.717) is 19.0 Å². The Morgan fingerprint density at radius 3 is 2.28 bits per heavy atom. The van der Waals surface area contributed by atoms with Crippen LogP contribution in [0.4, 0.5) is 0 Å². The van der Waals surface area contributed by atoms with Crippen molar-refractivity contribution in [2.75, 3.05) is 39.8 Å². The van der Waals surface area contributed by atoms with Crippen molar-refractivity contribution in [1.29, 1.82) is 0 Å². The minimum atomic E-state index is 0.0134. The second-order valence-electron chi connectivity index (χ2n) is 5.00. The van der Waals surface area contributed by atoms with E-state index < -0.39 is 0 Å². The van der Waals surface area contributed by atoms with Gasteiger partial charge in [0.25, 0.3) is 0 Å². The van der Waals surface area contributed by atoms with Crippen LogP contribution in [0, 0.1) is 11.8 Å². The highest BCUT2D eigenvalue weighted by Gasteiger charge is 2.32. The van der Waals surface area contributed by atoms with Crippen LogP contribution >= 0.6 is 0 Å². The number of carbonyl (C=O) groups is 2. The zero-order valence-corrected chi connectivity index (χ0v) is 11.9. The van der Waals surface area contributed by atoms with Crippen molar-refractivity contribution in [3.63, 3.8) is 0 Å². The molecule has 0 aromatic carbocycles.